The van der Waals surface area contributed by atoms with Crippen molar-refractivity contribution < 1.29 is 0 Å². The smallest absolute Gasteiger partial charge is 0.136 e. The second-order valence-electron chi connectivity index (χ2n) is 4.33. The molecule has 0 saturated heterocycles. The van der Waals surface area contributed by atoms with Gasteiger partial charge in [-0.05, 0) is 26.0 Å². The molecule has 2 aromatic rings. The van der Waals surface area contributed by atoms with Crippen molar-refractivity contribution in [1.29, 1.82) is 0 Å². The lowest BCUT2D eigenvalue weighted by molar-refractivity contribution is 0.795. The van der Waals surface area contributed by atoms with Crippen LogP contribution in [0.1, 0.15) is 12.7 Å². The third kappa shape index (κ3) is 3.89. The van der Waals surface area contributed by atoms with Gasteiger partial charge in [-0.15, -0.1) is 0 Å². The van der Waals surface area contributed by atoms with Gasteiger partial charge in [0.15, 0.2) is 0 Å². The number of rotatable bonds is 5. The standard InChI is InChI=1S/C13H18N6/c1-9(7-14)16-12-6-13(18-10(2)17-12)19-11-4-3-5-15-8-11/h3-6,8-9H,7,14H2,1-2H3,(H2,16,17,18,19). The summed E-state index contributed by atoms with van der Waals surface area (Å²) in [4.78, 5) is 12.7. The van der Waals surface area contributed by atoms with Crippen LogP contribution in [0, 0.1) is 6.92 Å². The van der Waals surface area contributed by atoms with Crippen molar-refractivity contribution in [2.75, 3.05) is 17.2 Å². The molecule has 0 aliphatic carbocycles. The van der Waals surface area contributed by atoms with E-state index in [0.29, 0.717) is 12.4 Å². The lowest BCUT2D eigenvalue weighted by atomic mass is 10.3. The summed E-state index contributed by atoms with van der Waals surface area (Å²) in [5, 5.41) is 6.42. The maximum Gasteiger partial charge on any atom is 0.136 e. The van der Waals surface area contributed by atoms with E-state index in [-0.39, 0.29) is 6.04 Å². The minimum Gasteiger partial charge on any atom is -0.366 e. The summed E-state index contributed by atoms with van der Waals surface area (Å²) in [5.41, 5.74) is 6.48. The molecule has 1 unspecified atom stereocenters. The molecule has 4 N–H and O–H groups in total. The normalized spacial score (nSPS) is 11.9. The quantitative estimate of drug-likeness (QED) is 0.756. The number of nitrogens with zero attached hydrogens (tertiary/aromatic N) is 3. The van der Waals surface area contributed by atoms with Gasteiger partial charge in [-0.3, -0.25) is 4.98 Å². The van der Waals surface area contributed by atoms with E-state index < -0.39 is 0 Å². The molecule has 0 aromatic carbocycles. The minimum absolute atomic E-state index is 0.167. The predicted octanol–water partition coefficient (Wildman–Crippen LogP) is 1.68. The third-order valence-corrected chi connectivity index (χ3v) is 2.52. The lowest BCUT2D eigenvalue weighted by Crippen LogP contribution is -2.25. The Morgan fingerprint density at radius 3 is 2.79 bits per heavy atom. The zero-order valence-electron chi connectivity index (χ0n) is 11.1. The van der Waals surface area contributed by atoms with Gasteiger partial charge in [-0.25, -0.2) is 9.97 Å². The van der Waals surface area contributed by atoms with E-state index in [0.717, 1.165) is 17.3 Å². The number of nitrogens with one attached hydrogen (secondary N) is 2. The first-order chi connectivity index (χ1) is 9.17. The highest BCUT2D eigenvalue weighted by molar-refractivity contribution is 5.58. The zero-order valence-corrected chi connectivity index (χ0v) is 11.1. The molecular weight excluding hydrogens is 240 g/mol. The Morgan fingerprint density at radius 1 is 1.32 bits per heavy atom. The zero-order chi connectivity index (χ0) is 13.7. The van der Waals surface area contributed by atoms with Crippen molar-refractivity contribution in [2.45, 2.75) is 19.9 Å². The fourth-order valence-corrected chi connectivity index (χ4v) is 1.60. The maximum atomic E-state index is 5.59. The van der Waals surface area contributed by atoms with Crippen molar-refractivity contribution >= 4 is 17.3 Å². The van der Waals surface area contributed by atoms with Crippen LogP contribution < -0.4 is 16.4 Å². The molecule has 6 nitrogen and oxygen atoms in total. The highest BCUT2D eigenvalue weighted by Crippen LogP contribution is 2.16. The van der Waals surface area contributed by atoms with Crippen molar-refractivity contribution in [2.24, 2.45) is 5.73 Å². The molecule has 0 spiro atoms. The van der Waals surface area contributed by atoms with E-state index in [1.54, 1.807) is 12.4 Å². The first-order valence-corrected chi connectivity index (χ1v) is 6.16. The predicted molar refractivity (Wildman–Crippen MR) is 76.4 cm³/mol. The van der Waals surface area contributed by atoms with Gasteiger partial charge < -0.3 is 16.4 Å². The van der Waals surface area contributed by atoms with Crippen LogP contribution in [0.5, 0.6) is 0 Å². The molecule has 0 aliphatic rings. The van der Waals surface area contributed by atoms with Crippen LogP contribution in [0.3, 0.4) is 0 Å². The van der Waals surface area contributed by atoms with Crippen molar-refractivity contribution in [3.8, 4) is 0 Å². The Labute approximate surface area is 112 Å². The van der Waals surface area contributed by atoms with Crippen LogP contribution in [0.25, 0.3) is 0 Å². The van der Waals surface area contributed by atoms with E-state index in [2.05, 4.69) is 25.6 Å². The Morgan fingerprint density at radius 2 is 2.11 bits per heavy atom. The molecule has 6 heteroatoms. The number of anilines is 3. The molecule has 2 heterocycles. The van der Waals surface area contributed by atoms with E-state index in [4.69, 9.17) is 5.73 Å². The summed E-state index contributed by atoms with van der Waals surface area (Å²) < 4.78 is 0. The van der Waals surface area contributed by atoms with Gasteiger partial charge in [-0.1, -0.05) is 0 Å². The Balaban J connectivity index is 2.17. The van der Waals surface area contributed by atoms with Crippen LogP contribution in [-0.4, -0.2) is 27.5 Å². The number of hydrogen-bond acceptors (Lipinski definition) is 6. The van der Waals surface area contributed by atoms with Crippen molar-refractivity contribution in [1.82, 2.24) is 15.0 Å². The molecular formula is C13H18N6. The number of nitrogens with two attached hydrogens (primary N) is 1. The highest BCUT2D eigenvalue weighted by Gasteiger charge is 2.05. The topological polar surface area (TPSA) is 88.8 Å². The lowest BCUT2D eigenvalue weighted by Gasteiger charge is -2.13. The summed E-state index contributed by atoms with van der Waals surface area (Å²) in [6.45, 7) is 4.41. The van der Waals surface area contributed by atoms with Crippen molar-refractivity contribution in [3.63, 3.8) is 0 Å². The molecule has 0 fully saturated rings. The number of aromatic nitrogens is 3. The van der Waals surface area contributed by atoms with Crippen LogP contribution in [0.2, 0.25) is 0 Å². The second-order valence-corrected chi connectivity index (χ2v) is 4.33. The number of pyridine rings is 1. The average molecular weight is 258 g/mol. The summed E-state index contributed by atoms with van der Waals surface area (Å²) in [5.74, 6) is 2.18. The second kappa shape index (κ2) is 6.10. The van der Waals surface area contributed by atoms with Crippen LogP contribution >= 0.6 is 0 Å². The van der Waals surface area contributed by atoms with Gasteiger partial charge >= 0.3 is 0 Å². The van der Waals surface area contributed by atoms with E-state index >= 15 is 0 Å². The Hall–Kier alpha value is -2.21. The van der Waals surface area contributed by atoms with Gasteiger partial charge in [-0.2, -0.15) is 0 Å². The summed E-state index contributed by atoms with van der Waals surface area (Å²) in [6, 6.07) is 5.82. The molecule has 19 heavy (non-hydrogen) atoms. The molecule has 1 atom stereocenters. The summed E-state index contributed by atoms with van der Waals surface area (Å²) in [7, 11) is 0. The van der Waals surface area contributed by atoms with Gasteiger partial charge in [0.1, 0.15) is 17.5 Å². The van der Waals surface area contributed by atoms with Gasteiger partial charge in [0.25, 0.3) is 0 Å². The number of hydrogen-bond donors (Lipinski definition) is 3. The first-order valence-electron chi connectivity index (χ1n) is 6.16. The van der Waals surface area contributed by atoms with Gasteiger partial charge in [0.05, 0.1) is 11.9 Å². The fraction of sp³-hybridized carbons (Fsp3) is 0.308. The molecule has 0 radical (unpaired) electrons. The van der Waals surface area contributed by atoms with Gasteiger partial charge in [0.2, 0.25) is 0 Å². The monoisotopic (exact) mass is 258 g/mol. The fourth-order valence-electron chi connectivity index (χ4n) is 1.60. The largest absolute Gasteiger partial charge is 0.366 e. The summed E-state index contributed by atoms with van der Waals surface area (Å²) in [6.07, 6.45) is 3.47. The molecule has 0 saturated carbocycles. The average Bonchev–Trinajstić information content (AvgIpc) is 2.39. The minimum atomic E-state index is 0.167. The molecule has 0 aliphatic heterocycles. The number of aryl methyl sites for hydroxylation is 1. The molecule has 100 valence electrons. The summed E-state index contributed by atoms with van der Waals surface area (Å²) >= 11 is 0. The van der Waals surface area contributed by atoms with Crippen LogP contribution in [0.4, 0.5) is 17.3 Å². The molecule has 2 aromatic heterocycles. The SMILES string of the molecule is Cc1nc(Nc2cccnc2)cc(NC(C)CN)n1. The van der Waals surface area contributed by atoms with E-state index in [1.807, 2.05) is 32.0 Å². The maximum absolute atomic E-state index is 5.59. The van der Waals surface area contributed by atoms with Crippen LogP contribution in [0.15, 0.2) is 30.6 Å². The molecule has 2 rings (SSSR count). The molecule has 0 bridgehead atoms. The van der Waals surface area contributed by atoms with Crippen molar-refractivity contribution in [3.05, 3.63) is 36.4 Å². The highest BCUT2D eigenvalue weighted by atomic mass is 15.1. The third-order valence-electron chi connectivity index (χ3n) is 2.52. The van der Waals surface area contributed by atoms with Gasteiger partial charge in [0, 0.05) is 24.8 Å². The Bertz CT molecular complexity index is 528. The van der Waals surface area contributed by atoms with E-state index in [9.17, 15) is 0 Å². The van der Waals surface area contributed by atoms with E-state index in [1.165, 1.54) is 0 Å². The first kappa shape index (κ1) is 13.2. The Kier molecular flexibility index (Phi) is 4.25. The molecule has 0 amide bonds. The van der Waals surface area contributed by atoms with Crippen LogP contribution in [-0.2, 0) is 0 Å².